The minimum Gasteiger partial charge on any atom is -0.492 e. The molecule has 1 unspecified atom stereocenters. The van der Waals surface area contributed by atoms with E-state index in [9.17, 15) is 9.90 Å². The molecule has 0 bridgehead atoms. The summed E-state index contributed by atoms with van der Waals surface area (Å²) in [6.45, 7) is 8.54. The summed E-state index contributed by atoms with van der Waals surface area (Å²) in [7, 11) is 1.51. The molecule has 0 aromatic heterocycles. The van der Waals surface area contributed by atoms with E-state index in [1.807, 2.05) is 43.3 Å². The van der Waals surface area contributed by atoms with Crippen LogP contribution in [0.5, 0.6) is 11.5 Å². The zero-order valence-corrected chi connectivity index (χ0v) is 22.2. The average molecular weight is 512 g/mol. The fourth-order valence-corrected chi connectivity index (χ4v) is 5.00. The molecule has 2 aliphatic rings. The number of benzene rings is 2. The van der Waals surface area contributed by atoms with Crippen molar-refractivity contribution in [3.05, 3.63) is 59.7 Å². The summed E-state index contributed by atoms with van der Waals surface area (Å²) in [6, 6.07) is 15.9. The number of hydrogen-bond acceptors (Lipinski definition) is 7. The van der Waals surface area contributed by atoms with Gasteiger partial charge in [-0.05, 0) is 62.7 Å². The molecule has 2 aromatic rings. The standard InChI is InChI=1S/C29H41N3O5/c1-24-5-9-27(10-6-24)37-23-29(34)21-31(15-16-32(22-29)28(33)20-35-2)19-25-7-11-26(12-8-25)36-18-17-30-13-3-4-14-30/h5-12,34H,3-4,13-23H2,1-2H3. The van der Waals surface area contributed by atoms with Gasteiger partial charge in [0.05, 0.1) is 6.54 Å². The number of hydrogen-bond donors (Lipinski definition) is 1. The van der Waals surface area contributed by atoms with Crippen molar-refractivity contribution in [1.29, 1.82) is 0 Å². The Morgan fingerprint density at radius 2 is 1.57 bits per heavy atom. The van der Waals surface area contributed by atoms with Crippen LogP contribution in [-0.2, 0) is 16.1 Å². The maximum atomic E-state index is 12.6. The van der Waals surface area contributed by atoms with Gasteiger partial charge in [0.2, 0.25) is 5.91 Å². The lowest BCUT2D eigenvalue weighted by molar-refractivity contribution is -0.138. The average Bonchev–Trinajstić information content (AvgIpc) is 3.35. The number of amides is 1. The molecule has 4 rings (SSSR count). The van der Waals surface area contributed by atoms with Crippen LogP contribution in [0.4, 0.5) is 0 Å². The van der Waals surface area contributed by atoms with Crippen molar-refractivity contribution in [2.45, 2.75) is 31.9 Å². The van der Waals surface area contributed by atoms with Gasteiger partial charge in [-0.25, -0.2) is 0 Å². The van der Waals surface area contributed by atoms with Gasteiger partial charge >= 0.3 is 0 Å². The number of carbonyl (C=O) groups excluding carboxylic acids is 1. The summed E-state index contributed by atoms with van der Waals surface area (Å²) in [5.74, 6) is 1.44. The van der Waals surface area contributed by atoms with E-state index in [2.05, 4.69) is 21.9 Å². The van der Waals surface area contributed by atoms with Crippen LogP contribution in [0.2, 0.25) is 0 Å². The normalized spacial score (nSPS) is 21.1. The van der Waals surface area contributed by atoms with Gasteiger partial charge in [-0.2, -0.15) is 0 Å². The Labute approximate surface area is 220 Å². The van der Waals surface area contributed by atoms with Gasteiger partial charge in [-0.1, -0.05) is 29.8 Å². The largest absolute Gasteiger partial charge is 0.492 e. The van der Waals surface area contributed by atoms with E-state index in [0.717, 1.165) is 23.4 Å². The smallest absolute Gasteiger partial charge is 0.248 e. The fraction of sp³-hybridized carbons (Fsp3) is 0.552. The Kier molecular flexibility index (Phi) is 9.80. The number of aliphatic hydroxyl groups is 1. The predicted molar refractivity (Wildman–Crippen MR) is 143 cm³/mol. The van der Waals surface area contributed by atoms with E-state index in [1.54, 1.807) is 4.90 Å². The fourth-order valence-electron chi connectivity index (χ4n) is 5.00. The number of rotatable bonds is 11. The molecule has 0 radical (unpaired) electrons. The molecule has 1 amide bonds. The molecule has 2 aliphatic heterocycles. The third kappa shape index (κ3) is 8.43. The number of nitrogens with zero attached hydrogens (tertiary/aromatic N) is 3. The molecule has 37 heavy (non-hydrogen) atoms. The lowest BCUT2D eigenvalue weighted by atomic mass is 10.0. The van der Waals surface area contributed by atoms with Crippen molar-refractivity contribution >= 4 is 5.91 Å². The molecular weight excluding hydrogens is 470 g/mol. The molecule has 0 saturated carbocycles. The summed E-state index contributed by atoms with van der Waals surface area (Å²) < 4.78 is 17.0. The zero-order valence-electron chi connectivity index (χ0n) is 22.2. The third-order valence-electron chi connectivity index (χ3n) is 7.04. The van der Waals surface area contributed by atoms with Crippen molar-refractivity contribution in [1.82, 2.24) is 14.7 Å². The Morgan fingerprint density at radius 1 is 0.892 bits per heavy atom. The van der Waals surface area contributed by atoms with Crippen molar-refractivity contribution in [3.63, 3.8) is 0 Å². The molecule has 8 heteroatoms. The van der Waals surface area contributed by atoms with Gasteiger partial charge in [0, 0.05) is 39.8 Å². The first-order valence-electron chi connectivity index (χ1n) is 13.3. The number of ether oxygens (including phenoxy) is 3. The monoisotopic (exact) mass is 511 g/mol. The SMILES string of the molecule is COCC(=O)N1CCN(Cc2ccc(OCCN3CCCC3)cc2)CC(O)(COc2ccc(C)cc2)C1. The van der Waals surface area contributed by atoms with Crippen LogP contribution in [0.3, 0.4) is 0 Å². The van der Waals surface area contributed by atoms with Crippen LogP contribution < -0.4 is 9.47 Å². The van der Waals surface area contributed by atoms with E-state index >= 15 is 0 Å². The Balaban J connectivity index is 1.36. The van der Waals surface area contributed by atoms with Crippen molar-refractivity contribution in [2.24, 2.45) is 0 Å². The van der Waals surface area contributed by atoms with Gasteiger partial charge in [0.1, 0.15) is 36.9 Å². The highest BCUT2D eigenvalue weighted by Gasteiger charge is 2.37. The first-order valence-corrected chi connectivity index (χ1v) is 13.3. The lowest BCUT2D eigenvalue weighted by Crippen LogP contribution is -2.52. The Bertz CT molecular complexity index is 978. The van der Waals surface area contributed by atoms with Crippen LogP contribution in [-0.4, -0.2) is 104 Å². The highest BCUT2D eigenvalue weighted by Crippen LogP contribution is 2.21. The van der Waals surface area contributed by atoms with Crippen LogP contribution in [0.15, 0.2) is 48.5 Å². The second-order valence-corrected chi connectivity index (χ2v) is 10.3. The minimum absolute atomic E-state index is 0.00583. The molecule has 8 nitrogen and oxygen atoms in total. The number of likely N-dealkylation sites (tertiary alicyclic amines) is 1. The summed E-state index contributed by atoms with van der Waals surface area (Å²) in [5.41, 5.74) is 1.06. The van der Waals surface area contributed by atoms with Gasteiger partial charge in [0.25, 0.3) is 0 Å². The first kappa shape index (κ1) is 27.4. The molecule has 1 atom stereocenters. The lowest BCUT2D eigenvalue weighted by Gasteiger charge is -2.33. The molecule has 1 N–H and O–H groups in total. The molecule has 2 heterocycles. The van der Waals surface area contributed by atoms with Crippen LogP contribution in [0.25, 0.3) is 0 Å². The topological polar surface area (TPSA) is 74.7 Å². The summed E-state index contributed by atoms with van der Waals surface area (Å²) in [5, 5.41) is 11.6. The van der Waals surface area contributed by atoms with E-state index in [-0.39, 0.29) is 25.7 Å². The zero-order chi connectivity index (χ0) is 26.1. The first-order chi connectivity index (χ1) is 17.9. The van der Waals surface area contributed by atoms with Gasteiger partial charge in [-0.15, -0.1) is 0 Å². The highest BCUT2D eigenvalue weighted by atomic mass is 16.5. The maximum absolute atomic E-state index is 12.6. The van der Waals surface area contributed by atoms with Gasteiger partial charge in [0.15, 0.2) is 0 Å². The summed E-state index contributed by atoms with van der Waals surface area (Å²) in [4.78, 5) is 18.9. The van der Waals surface area contributed by atoms with Crippen LogP contribution in [0.1, 0.15) is 24.0 Å². The quantitative estimate of drug-likeness (QED) is 0.497. The molecule has 2 fully saturated rings. The second kappa shape index (κ2) is 13.2. The van der Waals surface area contributed by atoms with Crippen molar-refractivity contribution in [2.75, 3.05) is 72.7 Å². The van der Waals surface area contributed by atoms with E-state index in [4.69, 9.17) is 14.2 Å². The molecule has 2 saturated heterocycles. The van der Waals surface area contributed by atoms with Crippen molar-refractivity contribution < 1.29 is 24.1 Å². The number of β-amino-alcohol motifs (C(OH)–C–C–N with tert-alkyl or cyclic N) is 1. The molecule has 2 aromatic carbocycles. The number of methoxy groups -OCH3 is 1. The van der Waals surface area contributed by atoms with Crippen LogP contribution in [0, 0.1) is 6.92 Å². The molecular formula is C29H41N3O5. The van der Waals surface area contributed by atoms with E-state index in [0.29, 0.717) is 38.5 Å². The third-order valence-corrected chi connectivity index (χ3v) is 7.04. The maximum Gasteiger partial charge on any atom is 0.248 e. The Hall–Kier alpha value is -2.65. The molecule has 0 aliphatic carbocycles. The molecule has 202 valence electrons. The van der Waals surface area contributed by atoms with E-state index in [1.165, 1.54) is 33.0 Å². The summed E-state index contributed by atoms with van der Waals surface area (Å²) >= 11 is 0. The summed E-state index contributed by atoms with van der Waals surface area (Å²) in [6.07, 6.45) is 2.58. The second-order valence-electron chi connectivity index (χ2n) is 10.3. The number of carbonyl (C=O) groups is 1. The highest BCUT2D eigenvalue weighted by molar-refractivity contribution is 5.77. The molecule has 0 spiro atoms. The van der Waals surface area contributed by atoms with Gasteiger partial charge < -0.3 is 24.2 Å². The van der Waals surface area contributed by atoms with Gasteiger partial charge in [-0.3, -0.25) is 14.6 Å². The minimum atomic E-state index is -1.22. The van der Waals surface area contributed by atoms with Crippen LogP contribution >= 0.6 is 0 Å². The van der Waals surface area contributed by atoms with Crippen molar-refractivity contribution in [3.8, 4) is 11.5 Å². The van der Waals surface area contributed by atoms with E-state index < -0.39 is 5.60 Å². The predicted octanol–water partition coefficient (Wildman–Crippen LogP) is 2.57. The number of aryl methyl sites for hydroxylation is 1. The Morgan fingerprint density at radius 3 is 2.27 bits per heavy atom.